The maximum Gasteiger partial charge on any atom is 0.317 e. The van der Waals surface area contributed by atoms with Crippen LogP contribution in [0.5, 0.6) is 11.5 Å². The zero-order valence-corrected chi connectivity index (χ0v) is 15.3. The maximum absolute atomic E-state index is 12.4. The first-order valence-corrected chi connectivity index (χ1v) is 8.19. The molecule has 0 saturated heterocycles. The summed E-state index contributed by atoms with van der Waals surface area (Å²) in [5.41, 5.74) is 1.64. The number of hydrogen-bond acceptors (Lipinski definition) is 5. The van der Waals surface area contributed by atoms with Gasteiger partial charge in [-0.15, -0.1) is 0 Å². The van der Waals surface area contributed by atoms with Crippen molar-refractivity contribution in [3.8, 4) is 11.5 Å². The maximum atomic E-state index is 12.4. The minimum absolute atomic E-state index is 0.182. The standard InChI is InChI=1S/C18H25N3O4/c1-6-24-16-8-7-14(10-17(16)23-5)13(3)19-18(22)21(4)11-15-9-12(2)25-20-15/h7-10,13H,6,11H2,1-5H3,(H,19,22)/t13-/m1/s1. The SMILES string of the molecule is CCOc1ccc([C@@H](C)NC(=O)N(C)Cc2cc(C)on2)cc1OC. The minimum atomic E-state index is -0.194. The van der Waals surface area contributed by atoms with E-state index in [1.165, 1.54) is 0 Å². The monoisotopic (exact) mass is 347 g/mol. The molecule has 1 heterocycles. The van der Waals surface area contributed by atoms with Gasteiger partial charge in [-0.25, -0.2) is 4.79 Å². The van der Waals surface area contributed by atoms with E-state index in [4.69, 9.17) is 14.0 Å². The highest BCUT2D eigenvalue weighted by Crippen LogP contribution is 2.30. The Morgan fingerprint density at radius 3 is 2.72 bits per heavy atom. The highest BCUT2D eigenvalue weighted by molar-refractivity contribution is 5.74. The van der Waals surface area contributed by atoms with Crippen LogP contribution in [-0.2, 0) is 6.54 Å². The van der Waals surface area contributed by atoms with Crippen molar-refractivity contribution in [2.45, 2.75) is 33.4 Å². The lowest BCUT2D eigenvalue weighted by molar-refractivity contribution is 0.202. The molecule has 1 aromatic heterocycles. The van der Waals surface area contributed by atoms with Crippen molar-refractivity contribution in [2.75, 3.05) is 20.8 Å². The second kappa shape index (κ2) is 8.41. The van der Waals surface area contributed by atoms with Crippen molar-refractivity contribution in [3.05, 3.63) is 41.3 Å². The molecule has 0 fully saturated rings. The number of nitrogens with zero attached hydrogens (tertiary/aromatic N) is 2. The van der Waals surface area contributed by atoms with E-state index >= 15 is 0 Å². The molecule has 2 rings (SSSR count). The predicted molar refractivity (Wildman–Crippen MR) is 93.8 cm³/mol. The molecule has 1 N–H and O–H groups in total. The number of aryl methyl sites for hydroxylation is 1. The first-order chi connectivity index (χ1) is 11.9. The fraction of sp³-hybridized carbons (Fsp3) is 0.444. The van der Waals surface area contributed by atoms with Crippen LogP contribution in [0, 0.1) is 6.92 Å². The Balaban J connectivity index is 2.00. The lowest BCUT2D eigenvalue weighted by Crippen LogP contribution is -2.38. The average molecular weight is 347 g/mol. The zero-order valence-electron chi connectivity index (χ0n) is 15.3. The quantitative estimate of drug-likeness (QED) is 0.831. The van der Waals surface area contributed by atoms with Crippen molar-refractivity contribution in [3.63, 3.8) is 0 Å². The van der Waals surface area contributed by atoms with E-state index in [2.05, 4.69) is 10.5 Å². The molecule has 25 heavy (non-hydrogen) atoms. The number of nitrogens with one attached hydrogen (secondary N) is 1. The summed E-state index contributed by atoms with van der Waals surface area (Å²) in [7, 11) is 3.31. The van der Waals surface area contributed by atoms with Gasteiger partial charge in [0.25, 0.3) is 0 Å². The van der Waals surface area contributed by atoms with Gasteiger partial charge in [-0.1, -0.05) is 11.2 Å². The van der Waals surface area contributed by atoms with E-state index in [0.717, 1.165) is 11.3 Å². The second-order valence-electron chi connectivity index (χ2n) is 5.80. The van der Waals surface area contributed by atoms with Crippen molar-refractivity contribution in [1.82, 2.24) is 15.4 Å². The first kappa shape index (κ1) is 18.6. The molecule has 0 aliphatic heterocycles. The Bertz CT molecular complexity index is 714. The minimum Gasteiger partial charge on any atom is -0.493 e. The molecule has 136 valence electrons. The summed E-state index contributed by atoms with van der Waals surface area (Å²) < 4.78 is 15.9. The predicted octanol–water partition coefficient (Wildman–Crippen LogP) is 3.29. The van der Waals surface area contributed by atoms with Gasteiger partial charge in [0.2, 0.25) is 0 Å². The number of methoxy groups -OCH3 is 1. The summed E-state index contributed by atoms with van der Waals surface area (Å²) in [5, 5.41) is 6.86. The van der Waals surface area contributed by atoms with Gasteiger partial charge in [-0.05, 0) is 38.5 Å². The molecule has 1 atom stereocenters. The summed E-state index contributed by atoms with van der Waals surface area (Å²) in [6.07, 6.45) is 0. The van der Waals surface area contributed by atoms with Crippen LogP contribution in [0.2, 0.25) is 0 Å². The normalized spacial score (nSPS) is 11.7. The van der Waals surface area contributed by atoms with Gasteiger partial charge >= 0.3 is 6.03 Å². The molecule has 2 aromatic rings. The van der Waals surface area contributed by atoms with Gasteiger partial charge in [-0.3, -0.25) is 0 Å². The summed E-state index contributed by atoms with van der Waals surface area (Å²) in [6.45, 7) is 6.60. The molecule has 0 unspecified atom stereocenters. The molecule has 0 aliphatic carbocycles. The number of rotatable bonds is 7. The molecule has 0 saturated carbocycles. The number of ether oxygens (including phenoxy) is 2. The van der Waals surface area contributed by atoms with E-state index < -0.39 is 0 Å². The number of aromatic nitrogens is 1. The number of urea groups is 1. The van der Waals surface area contributed by atoms with E-state index in [0.29, 0.717) is 30.3 Å². The third-order valence-electron chi connectivity index (χ3n) is 3.75. The highest BCUT2D eigenvalue weighted by atomic mass is 16.5. The van der Waals surface area contributed by atoms with E-state index in [-0.39, 0.29) is 12.1 Å². The summed E-state index contributed by atoms with van der Waals surface area (Å²) in [5.74, 6) is 2.05. The third kappa shape index (κ3) is 4.89. The van der Waals surface area contributed by atoms with Crippen molar-refractivity contribution >= 4 is 6.03 Å². The number of benzene rings is 1. The summed E-state index contributed by atoms with van der Waals surface area (Å²) in [6, 6.07) is 7.07. The molecule has 1 aromatic carbocycles. The van der Waals surface area contributed by atoms with Gasteiger partial charge in [-0.2, -0.15) is 0 Å². The van der Waals surface area contributed by atoms with Crippen molar-refractivity contribution in [1.29, 1.82) is 0 Å². The van der Waals surface area contributed by atoms with Crippen LogP contribution in [0.1, 0.15) is 36.9 Å². The molecular weight excluding hydrogens is 322 g/mol. The van der Waals surface area contributed by atoms with Crippen LogP contribution in [0.3, 0.4) is 0 Å². The lowest BCUT2D eigenvalue weighted by Gasteiger charge is -2.21. The summed E-state index contributed by atoms with van der Waals surface area (Å²) >= 11 is 0. The van der Waals surface area contributed by atoms with Gasteiger partial charge in [0.05, 0.1) is 26.3 Å². The third-order valence-corrected chi connectivity index (χ3v) is 3.75. The molecule has 0 spiro atoms. The second-order valence-corrected chi connectivity index (χ2v) is 5.80. The van der Waals surface area contributed by atoms with Crippen LogP contribution in [-0.4, -0.2) is 36.9 Å². The number of amides is 2. The van der Waals surface area contributed by atoms with Crippen molar-refractivity contribution < 1.29 is 18.8 Å². The van der Waals surface area contributed by atoms with Crippen LogP contribution in [0.25, 0.3) is 0 Å². The smallest absolute Gasteiger partial charge is 0.317 e. The van der Waals surface area contributed by atoms with Crippen LogP contribution >= 0.6 is 0 Å². The fourth-order valence-electron chi connectivity index (χ4n) is 2.41. The first-order valence-electron chi connectivity index (χ1n) is 8.19. The zero-order chi connectivity index (χ0) is 18.4. The Hall–Kier alpha value is -2.70. The molecule has 7 heteroatoms. The van der Waals surface area contributed by atoms with E-state index in [1.807, 2.05) is 45.0 Å². The Labute approximate surface area is 147 Å². The Morgan fingerprint density at radius 1 is 1.36 bits per heavy atom. The average Bonchev–Trinajstić information content (AvgIpc) is 3.00. The number of carbonyl (C=O) groups is 1. The molecule has 7 nitrogen and oxygen atoms in total. The van der Waals surface area contributed by atoms with Crippen LogP contribution in [0.15, 0.2) is 28.8 Å². The molecule has 0 aliphatic rings. The molecule has 0 bridgehead atoms. The van der Waals surface area contributed by atoms with E-state index in [9.17, 15) is 4.79 Å². The molecule has 2 amide bonds. The largest absolute Gasteiger partial charge is 0.493 e. The molecule has 0 radical (unpaired) electrons. The van der Waals surface area contributed by atoms with Gasteiger partial charge in [0, 0.05) is 13.1 Å². The topological polar surface area (TPSA) is 76.8 Å². The Kier molecular flexibility index (Phi) is 6.27. The van der Waals surface area contributed by atoms with E-state index in [1.54, 1.807) is 19.1 Å². The van der Waals surface area contributed by atoms with Crippen LogP contribution < -0.4 is 14.8 Å². The lowest BCUT2D eigenvalue weighted by atomic mass is 10.1. The number of carbonyl (C=O) groups excluding carboxylic acids is 1. The van der Waals surface area contributed by atoms with Gasteiger partial charge < -0.3 is 24.2 Å². The summed E-state index contributed by atoms with van der Waals surface area (Å²) in [4.78, 5) is 13.9. The highest BCUT2D eigenvalue weighted by Gasteiger charge is 2.16. The Morgan fingerprint density at radius 2 is 2.12 bits per heavy atom. The molecular formula is C18H25N3O4. The number of hydrogen-bond donors (Lipinski definition) is 1. The van der Waals surface area contributed by atoms with Crippen LogP contribution in [0.4, 0.5) is 4.79 Å². The fourth-order valence-corrected chi connectivity index (χ4v) is 2.41. The van der Waals surface area contributed by atoms with Gasteiger partial charge in [0.15, 0.2) is 11.5 Å². The van der Waals surface area contributed by atoms with Crippen molar-refractivity contribution in [2.24, 2.45) is 0 Å². The van der Waals surface area contributed by atoms with Gasteiger partial charge in [0.1, 0.15) is 11.5 Å².